The van der Waals surface area contributed by atoms with E-state index in [0.29, 0.717) is 12.1 Å². The molecule has 24 heavy (non-hydrogen) atoms. The van der Waals surface area contributed by atoms with Crippen LogP contribution in [0.15, 0.2) is 47.4 Å². The lowest BCUT2D eigenvalue weighted by molar-refractivity contribution is -0.143. The van der Waals surface area contributed by atoms with E-state index in [0.717, 1.165) is 24.3 Å². The van der Waals surface area contributed by atoms with Crippen LogP contribution in [0.3, 0.4) is 0 Å². The minimum absolute atomic E-state index is 0.00392. The van der Waals surface area contributed by atoms with Crippen LogP contribution in [0, 0.1) is 0 Å². The Bertz CT molecular complexity index is 819. The van der Waals surface area contributed by atoms with E-state index in [-0.39, 0.29) is 17.2 Å². The molecule has 130 valence electrons. The molecule has 0 bridgehead atoms. The molecule has 2 aromatic carbocycles. The van der Waals surface area contributed by atoms with Crippen LogP contribution in [0.2, 0.25) is 0 Å². The lowest BCUT2D eigenvalue weighted by atomic mass is 9.99. The molecule has 0 atom stereocenters. The predicted octanol–water partition coefficient (Wildman–Crippen LogP) is 4.64. The molecule has 3 nitrogen and oxygen atoms in total. The van der Waals surface area contributed by atoms with Gasteiger partial charge in [-0.1, -0.05) is 12.1 Å². The molecule has 10 heteroatoms. The van der Waals surface area contributed by atoms with Crippen molar-refractivity contribution in [1.82, 2.24) is 0 Å². The van der Waals surface area contributed by atoms with Gasteiger partial charge >= 0.3 is 12.4 Å². The van der Waals surface area contributed by atoms with E-state index in [2.05, 4.69) is 0 Å². The zero-order chi connectivity index (χ0) is 18.3. The third kappa shape index (κ3) is 4.06. The van der Waals surface area contributed by atoms with Gasteiger partial charge in [-0.2, -0.15) is 34.8 Å². The first-order valence-corrected chi connectivity index (χ1v) is 7.60. The molecule has 0 saturated carbocycles. The van der Waals surface area contributed by atoms with Gasteiger partial charge < -0.3 is 0 Å². The fraction of sp³-hybridized carbons (Fsp3) is 0.143. The summed E-state index contributed by atoms with van der Waals surface area (Å²) >= 11 is 0. The van der Waals surface area contributed by atoms with E-state index >= 15 is 0 Å². The maximum Gasteiger partial charge on any atom is 0.416 e. The van der Waals surface area contributed by atoms with Gasteiger partial charge in [-0.05, 0) is 41.5 Å². The van der Waals surface area contributed by atoms with Crippen LogP contribution >= 0.6 is 0 Å². The largest absolute Gasteiger partial charge is 0.416 e. The van der Waals surface area contributed by atoms with Crippen molar-refractivity contribution < 1.29 is 39.3 Å². The molecule has 0 amide bonds. The van der Waals surface area contributed by atoms with Crippen LogP contribution in [-0.2, 0) is 22.5 Å². The normalized spacial score (nSPS) is 13.1. The Hall–Kier alpha value is -2.07. The Labute approximate surface area is 132 Å². The van der Waals surface area contributed by atoms with Gasteiger partial charge in [-0.25, -0.2) is 0 Å². The maximum absolute atomic E-state index is 12.8. The molecule has 0 radical (unpaired) electrons. The third-order valence-corrected chi connectivity index (χ3v) is 3.94. The monoisotopic (exact) mass is 370 g/mol. The molecular formula is C14H8F6O3S. The average molecular weight is 370 g/mol. The van der Waals surface area contributed by atoms with Gasteiger partial charge in [0, 0.05) is 0 Å². The summed E-state index contributed by atoms with van der Waals surface area (Å²) in [5.41, 5.74) is -3.42. The second-order valence-electron chi connectivity index (χ2n) is 4.79. The fourth-order valence-corrected chi connectivity index (χ4v) is 2.42. The molecule has 0 fully saturated rings. The Kier molecular flexibility index (Phi) is 4.40. The Balaban J connectivity index is 2.61. The molecule has 0 unspecified atom stereocenters. The van der Waals surface area contributed by atoms with Crippen LogP contribution in [-0.4, -0.2) is 13.0 Å². The SMILES string of the molecule is O=S(=O)(O)c1ccc(-c2cc(C(F)(F)F)cc(C(F)(F)F)c2)cc1. The van der Waals surface area contributed by atoms with Crippen molar-refractivity contribution in [3.05, 3.63) is 53.6 Å². The highest BCUT2D eigenvalue weighted by atomic mass is 32.2. The Morgan fingerprint density at radius 3 is 1.46 bits per heavy atom. The highest BCUT2D eigenvalue weighted by molar-refractivity contribution is 7.85. The quantitative estimate of drug-likeness (QED) is 0.619. The van der Waals surface area contributed by atoms with Gasteiger partial charge in [0.15, 0.2) is 0 Å². The highest BCUT2D eigenvalue weighted by Gasteiger charge is 2.37. The number of hydrogen-bond acceptors (Lipinski definition) is 2. The summed E-state index contributed by atoms with van der Waals surface area (Å²) in [6, 6.07) is 4.79. The summed E-state index contributed by atoms with van der Waals surface area (Å²) < 4.78 is 107. The lowest BCUT2D eigenvalue weighted by Gasteiger charge is -2.14. The van der Waals surface area contributed by atoms with Crippen LogP contribution in [0.1, 0.15) is 11.1 Å². The van der Waals surface area contributed by atoms with Gasteiger partial charge in [-0.15, -0.1) is 0 Å². The second-order valence-corrected chi connectivity index (χ2v) is 6.22. The van der Waals surface area contributed by atoms with Gasteiger partial charge in [0.25, 0.3) is 10.1 Å². The Morgan fingerprint density at radius 2 is 1.12 bits per heavy atom. The van der Waals surface area contributed by atoms with Crippen molar-refractivity contribution in [3.8, 4) is 11.1 Å². The standard InChI is InChI=1S/C14H8F6O3S/c15-13(16,17)10-5-9(6-11(7-10)14(18,19)20)8-1-3-12(4-2-8)24(21,22)23/h1-7H,(H,21,22,23). The van der Waals surface area contributed by atoms with Crippen LogP contribution in [0.4, 0.5) is 26.3 Å². The minimum Gasteiger partial charge on any atom is -0.282 e. The van der Waals surface area contributed by atoms with Crippen molar-refractivity contribution in [2.24, 2.45) is 0 Å². The second kappa shape index (κ2) is 5.78. The first-order valence-electron chi connectivity index (χ1n) is 6.16. The molecule has 2 aromatic rings. The predicted molar refractivity (Wildman–Crippen MR) is 71.7 cm³/mol. The molecule has 0 saturated heterocycles. The number of hydrogen-bond donors (Lipinski definition) is 1. The van der Waals surface area contributed by atoms with E-state index in [1.54, 1.807) is 0 Å². The zero-order valence-electron chi connectivity index (χ0n) is 11.5. The van der Waals surface area contributed by atoms with Crippen LogP contribution < -0.4 is 0 Å². The molecule has 1 N–H and O–H groups in total. The van der Waals surface area contributed by atoms with E-state index in [9.17, 15) is 34.8 Å². The minimum atomic E-state index is -4.98. The van der Waals surface area contributed by atoms with Crippen molar-refractivity contribution in [2.45, 2.75) is 17.2 Å². The Morgan fingerprint density at radius 1 is 0.708 bits per heavy atom. The number of alkyl halides is 6. The molecule has 0 aliphatic heterocycles. The van der Waals surface area contributed by atoms with E-state index in [1.165, 1.54) is 0 Å². The van der Waals surface area contributed by atoms with E-state index in [4.69, 9.17) is 4.55 Å². The van der Waals surface area contributed by atoms with Gasteiger partial charge in [0.2, 0.25) is 0 Å². The van der Waals surface area contributed by atoms with Crippen molar-refractivity contribution in [1.29, 1.82) is 0 Å². The topological polar surface area (TPSA) is 54.4 Å². The van der Waals surface area contributed by atoms with Crippen molar-refractivity contribution in [2.75, 3.05) is 0 Å². The van der Waals surface area contributed by atoms with Gasteiger partial charge in [0.05, 0.1) is 16.0 Å². The highest BCUT2D eigenvalue weighted by Crippen LogP contribution is 2.38. The third-order valence-electron chi connectivity index (χ3n) is 3.07. The molecule has 0 aliphatic carbocycles. The van der Waals surface area contributed by atoms with E-state index < -0.39 is 38.5 Å². The van der Waals surface area contributed by atoms with Gasteiger partial charge in [0.1, 0.15) is 0 Å². The van der Waals surface area contributed by atoms with Gasteiger partial charge in [-0.3, -0.25) is 4.55 Å². The maximum atomic E-state index is 12.8. The molecule has 0 aromatic heterocycles. The van der Waals surface area contributed by atoms with Crippen molar-refractivity contribution >= 4 is 10.1 Å². The molecule has 0 aliphatic rings. The van der Waals surface area contributed by atoms with E-state index in [1.807, 2.05) is 0 Å². The van der Waals surface area contributed by atoms with Crippen LogP contribution in [0.25, 0.3) is 11.1 Å². The first kappa shape index (κ1) is 18.3. The van der Waals surface area contributed by atoms with Crippen molar-refractivity contribution in [3.63, 3.8) is 0 Å². The lowest BCUT2D eigenvalue weighted by Crippen LogP contribution is -2.11. The number of rotatable bonds is 2. The summed E-state index contributed by atoms with van der Waals surface area (Å²) in [6.07, 6.45) is -9.96. The summed E-state index contributed by atoms with van der Waals surface area (Å²) in [5, 5.41) is 0. The summed E-state index contributed by atoms with van der Waals surface area (Å²) in [4.78, 5) is -0.533. The average Bonchev–Trinajstić information content (AvgIpc) is 2.44. The summed E-state index contributed by atoms with van der Waals surface area (Å²) in [7, 11) is -4.52. The summed E-state index contributed by atoms with van der Waals surface area (Å²) in [6.45, 7) is 0. The van der Waals surface area contributed by atoms with Crippen LogP contribution in [0.5, 0.6) is 0 Å². The fourth-order valence-electron chi connectivity index (χ4n) is 1.94. The smallest absolute Gasteiger partial charge is 0.282 e. The summed E-state index contributed by atoms with van der Waals surface area (Å²) in [5.74, 6) is 0. The first-order chi connectivity index (χ1) is 10.8. The molecule has 0 spiro atoms. The zero-order valence-corrected chi connectivity index (χ0v) is 12.3. The number of benzene rings is 2. The molecule has 2 rings (SSSR count). The molecule has 0 heterocycles. The number of halogens is 6. The molecular weight excluding hydrogens is 362 g/mol.